The van der Waals surface area contributed by atoms with Crippen LogP contribution in [0.25, 0.3) is 0 Å². The first-order valence-corrected chi connectivity index (χ1v) is 24.1. The van der Waals surface area contributed by atoms with E-state index in [2.05, 4.69) is 20.9 Å². The fourth-order valence-corrected chi connectivity index (χ4v) is 9.92. The minimum absolute atomic E-state index is 0. The van der Waals surface area contributed by atoms with Gasteiger partial charge in [0.15, 0.2) is 36.4 Å². The number of likely N-dealkylation sites (N-methyl/N-ethyl adjacent to an activating group) is 1. The number of carboxylic acids is 1. The summed E-state index contributed by atoms with van der Waals surface area (Å²) in [6, 6.07) is -1.14. The Labute approximate surface area is 439 Å². The van der Waals surface area contributed by atoms with Crippen LogP contribution in [0.5, 0.6) is 0 Å². The molecule has 0 bridgehead atoms. The largest absolute Gasteiger partial charge is 1.00 e. The van der Waals surface area contributed by atoms with E-state index in [1.165, 1.54) is 44.0 Å². The Kier molecular flexibility index (Phi) is 23.2. The number of rotatable bonds is 15. The molecule has 400 valence electrons. The second-order valence-corrected chi connectivity index (χ2v) is 19.1. The van der Waals surface area contributed by atoms with Gasteiger partial charge in [0, 0.05) is 23.1 Å². The second kappa shape index (κ2) is 26.7. The van der Waals surface area contributed by atoms with Gasteiger partial charge in [0.25, 0.3) is 5.91 Å². The predicted octanol–water partition coefficient (Wildman–Crippen LogP) is -12.3. The van der Waals surface area contributed by atoms with Gasteiger partial charge in [0.2, 0.25) is 5.91 Å². The Morgan fingerprint density at radius 2 is 1.65 bits per heavy atom. The van der Waals surface area contributed by atoms with Crippen molar-refractivity contribution < 1.29 is 136 Å². The van der Waals surface area contributed by atoms with E-state index >= 15 is 0 Å². The van der Waals surface area contributed by atoms with Gasteiger partial charge in [-0.25, -0.2) is 4.99 Å². The molecule has 3 saturated heterocycles. The Bertz CT molecular complexity index is 2240. The number of aliphatic carboxylic acids is 1. The summed E-state index contributed by atoms with van der Waals surface area (Å²) in [5.41, 5.74) is 14.0. The molecule has 6 rings (SSSR count). The average Bonchev–Trinajstić information content (AvgIpc) is 3.88. The number of carbonyl (C=O) groups excluding carboxylic acids is 5. The van der Waals surface area contributed by atoms with Crippen molar-refractivity contribution in [1.82, 2.24) is 20.9 Å². The molecule has 1 aliphatic carbocycles. The molecule has 0 aromatic carbocycles. The number of aldehydes is 1. The third-order valence-corrected chi connectivity index (χ3v) is 13.5. The van der Waals surface area contributed by atoms with E-state index in [0.29, 0.717) is 5.57 Å². The summed E-state index contributed by atoms with van der Waals surface area (Å²) in [5, 5.41) is 102. The molecule has 1 aromatic heterocycles. The number of hydrogen-bond donors (Lipinski definition) is 16. The number of thiophene rings is 1. The Morgan fingerprint density at radius 1 is 1.03 bits per heavy atom. The van der Waals surface area contributed by atoms with E-state index in [9.17, 15) is 64.8 Å². The number of ether oxygens (including phenoxy) is 5. The number of amides is 2. The van der Waals surface area contributed by atoms with Crippen molar-refractivity contribution in [2.24, 2.45) is 22.2 Å². The van der Waals surface area contributed by atoms with Crippen molar-refractivity contribution in [3.05, 3.63) is 33.7 Å². The van der Waals surface area contributed by atoms with E-state index in [4.69, 9.17) is 63.8 Å². The molecule has 4 aliphatic heterocycles. The van der Waals surface area contributed by atoms with Crippen LogP contribution in [-0.2, 0) is 64.5 Å². The number of aliphatic hydroxyl groups excluding tert-OH is 6. The SMILES string of the molecule is CC(=O)OCC1=C(C(=O)[O-])N2C(=O)[C@@H](NC(=O)Cc3cccs3)[C@H]2SC1.CN[C@@H]1[C@H](O[C@H]2[C@H](O[C@H]3[C@H](O)[C@@H](O)[C@H](NC(=N)N)[C@@H](O)[C@@H]3N=C(N)N)O[C@@H](C)[C@]2(O)C=O)O[C@@H](CO)[C@H](O)[C@H]1O.O=S(=O)(O)O.[Na+]. The molecular weight excluding hydrogens is 1040 g/mol. The molecule has 0 radical (unpaired) electrons. The molecule has 72 heavy (non-hydrogen) atoms. The molecule has 5 heterocycles. The number of nitrogens with zero attached hydrogens (tertiary/aromatic N) is 2. The van der Waals surface area contributed by atoms with Crippen LogP contribution < -0.4 is 67.8 Å². The number of esters is 1. The van der Waals surface area contributed by atoms with Crippen LogP contribution in [-0.4, -0.2) is 229 Å². The van der Waals surface area contributed by atoms with Crippen molar-refractivity contribution in [2.45, 2.75) is 123 Å². The molecule has 19 N–H and O–H groups in total. The number of thioether (sulfide) groups is 1. The first-order valence-electron chi connectivity index (χ1n) is 20.8. The second-order valence-electron chi connectivity index (χ2n) is 16.1. The molecule has 5 aliphatic rings. The van der Waals surface area contributed by atoms with E-state index in [0.717, 1.165) is 9.78 Å². The maximum atomic E-state index is 12.4. The van der Waals surface area contributed by atoms with Crippen molar-refractivity contribution in [1.29, 1.82) is 5.41 Å². The number of carbonyl (C=O) groups is 5. The summed E-state index contributed by atoms with van der Waals surface area (Å²) in [5.74, 6) is -3.75. The van der Waals surface area contributed by atoms with Gasteiger partial charge in [-0.3, -0.25) is 38.6 Å². The van der Waals surface area contributed by atoms with E-state index < -0.39 is 149 Å². The predicted molar refractivity (Wildman–Crippen MR) is 238 cm³/mol. The topological polar surface area (TPSA) is 524 Å². The molecule has 1 saturated carbocycles. The molecule has 4 fully saturated rings. The summed E-state index contributed by atoms with van der Waals surface area (Å²) in [6.07, 6.45) is -17.1. The van der Waals surface area contributed by atoms with Gasteiger partial charge in [-0.15, -0.1) is 23.1 Å². The standard InChI is InChI=1S/C21H39N7O12.C16H16N2O6S2.Na.H2O4S/c1-5-21(36,4-30)16(40-17-9(26-2)13(34)10(31)6(3-29)38-17)18(37-5)39-15-8(28-20(24)25)11(32)7(27-19(22)23)12(33)14(15)35;1-8(19)24-6-9-7-26-15-12(14(21)18(15)13(9)16(22)23)17-11(20)5-10-3-2-4-25-10;;1-5(2,3)4/h4-18,26,29,31-36H,3H2,1-2H3,(H4,22,23,27)(H4,24,25,28);2-4,12,15H,5-7H2,1H3,(H,17,20)(H,22,23);;(H2,1,2,3,4)/q;;+1;/p-1/t5-,6-,7+,8-,9-,10-,11+,12-,13-,14+,15+,16-,17-,18-,21+;12-,15-;;/m01../s1. The number of aliphatic hydroxyl groups is 7. The van der Waals surface area contributed by atoms with Gasteiger partial charge < -0.3 is 102 Å². The fourth-order valence-electron chi connectivity index (χ4n) is 7.89. The molecule has 2 amide bonds. The molecule has 1 aromatic rings. The molecule has 35 heteroatoms. The van der Waals surface area contributed by atoms with Crippen molar-refractivity contribution in [3.8, 4) is 0 Å². The first kappa shape index (κ1) is 62.6. The van der Waals surface area contributed by atoms with Crippen LogP contribution in [0.1, 0.15) is 18.7 Å². The van der Waals surface area contributed by atoms with Gasteiger partial charge in [0.1, 0.15) is 72.9 Å². The number of nitrogens with two attached hydrogens (primary N) is 3. The number of hydrogen-bond acceptors (Lipinski definition) is 25. The monoisotopic (exact) mass is 1100 g/mol. The van der Waals surface area contributed by atoms with Gasteiger partial charge in [-0.1, -0.05) is 6.07 Å². The normalized spacial score (nSPS) is 35.0. The minimum Gasteiger partial charge on any atom is -0.543 e. The van der Waals surface area contributed by atoms with Gasteiger partial charge >= 0.3 is 45.9 Å². The van der Waals surface area contributed by atoms with Gasteiger partial charge in [-0.2, -0.15) is 8.42 Å². The fraction of sp³-hybridized carbons (Fsp3) is 0.649. The van der Waals surface area contributed by atoms with Gasteiger partial charge in [0.05, 0.1) is 42.9 Å². The summed E-state index contributed by atoms with van der Waals surface area (Å²) in [7, 11) is -3.25. The third kappa shape index (κ3) is 15.2. The summed E-state index contributed by atoms with van der Waals surface area (Å²) in [6.45, 7) is 1.62. The third-order valence-electron chi connectivity index (χ3n) is 11.3. The number of fused-ring (bicyclic) bond motifs is 1. The molecule has 17 atom stereocenters. The Balaban J connectivity index is 0.000000366. The van der Waals surface area contributed by atoms with Crippen LogP contribution in [0.4, 0.5) is 0 Å². The number of guanidine groups is 2. The summed E-state index contributed by atoms with van der Waals surface area (Å²) >= 11 is 2.75. The maximum absolute atomic E-state index is 12.4. The van der Waals surface area contributed by atoms with E-state index in [-0.39, 0.29) is 66.2 Å². The summed E-state index contributed by atoms with van der Waals surface area (Å²) in [4.78, 5) is 64.9. The van der Waals surface area contributed by atoms with Crippen LogP contribution in [0.15, 0.2) is 33.8 Å². The molecular formula is C37H56N9NaO22S3. The zero-order chi connectivity index (χ0) is 53.4. The van der Waals surface area contributed by atoms with Crippen LogP contribution >= 0.6 is 23.1 Å². The number of β-lactam (4-membered cyclic amide) rings is 1. The maximum Gasteiger partial charge on any atom is 1.00 e. The first-order chi connectivity index (χ1) is 33.1. The molecule has 31 nitrogen and oxygen atoms in total. The smallest absolute Gasteiger partial charge is 0.543 e. The van der Waals surface area contributed by atoms with Crippen LogP contribution in [0.2, 0.25) is 0 Å². The molecule has 0 spiro atoms. The minimum atomic E-state index is -4.67. The quantitative estimate of drug-likeness (QED) is 0.0147. The molecule has 0 unspecified atom stereocenters. The van der Waals surface area contributed by atoms with Crippen LogP contribution in [0.3, 0.4) is 0 Å². The van der Waals surface area contributed by atoms with E-state index in [1.54, 1.807) is 0 Å². The van der Waals surface area contributed by atoms with Crippen molar-refractivity contribution in [3.63, 3.8) is 0 Å². The average molecular weight is 1100 g/mol. The summed E-state index contributed by atoms with van der Waals surface area (Å²) < 4.78 is 59.4. The number of aliphatic imine (C=N–C) groups is 1. The number of carboxylic acid groups (broad SMARTS) is 1. The van der Waals surface area contributed by atoms with Gasteiger partial charge in [-0.05, 0) is 25.4 Å². The van der Waals surface area contributed by atoms with Crippen molar-refractivity contribution in [2.75, 3.05) is 26.0 Å². The zero-order valence-electron chi connectivity index (χ0n) is 38.6. The van der Waals surface area contributed by atoms with Crippen LogP contribution in [0, 0.1) is 5.41 Å². The number of nitrogens with one attached hydrogen (secondary N) is 4. The van der Waals surface area contributed by atoms with Crippen molar-refractivity contribution >= 4 is 75.5 Å². The Hall–Kier alpha value is -3.73. The zero-order valence-corrected chi connectivity index (χ0v) is 43.0. The van der Waals surface area contributed by atoms with E-state index in [1.807, 2.05) is 17.5 Å². The Morgan fingerprint density at radius 3 is 2.17 bits per heavy atom.